The normalized spacial score (nSPS) is 13.2. The minimum atomic E-state index is -0.792. The number of hydrogen-bond donors (Lipinski definition) is 1. The highest BCUT2D eigenvalue weighted by atomic mass is 16.3. The van der Waals surface area contributed by atoms with Crippen LogP contribution >= 0.6 is 0 Å². The maximum absolute atomic E-state index is 9.83. The second-order valence-corrected chi connectivity index (χ2v) is 2.92. The van der Waals surface area contributed by atoms with Crippen molar-refractivity contribution >= 4 is 0 Å². The van der Waals surface area contributed by atoms with Crippen molar-refractivity contribution in [1.82, 2.24) is 9.80 Å². The summed E-state index contributed by atoms with van der Waals surface area (Å²) < 4.78 is 0. The van der Waals surface area contributed by atoms with E-state index in [2.05, 4.69) is 0 Å². The predicted molar refractivity (Wildman–Crippen MR) is 42.6 cm³/mol. The Bertz CT molecular complexity index is 93.8. The lowest BCUT2D eigenvalue weighted by Gasteiger charge is -2.39. The molecule has 0 aromatic rings. The largest absolute Gasteiger partial charge is 0.363 e. The molecule has 0 heterocycles. The van der Waals surface area contributed by atoms with Crippen molar-refractivity contribution in [3.8, 4) is 0 Å². The first-order chi connectivity index (χ1) is 4.45. The van der Waals surface area contributed by atoms with E-state index >= 15 is 0 Å². The Morgan fingerprint density at radius 2 is 1.40 bits per heavy atom. The first kappa shape index (κ1) is 9.88. The Hall–Kier alpha value is -0.120. The molecule has 3 heteroatoms. The van der Waals surface area contributed by atoms with Crippen LogP contribution in [0.15, 0.2) is 0 Å². The minimum Gasteiger partial charge on any atom is -0.363 e. The summed E-state index contributed by atoms with van der Waals surface area (Å²) in [7, 11) is 7.46. The molecule has 0 aliphatic rings. The van der Waals surface area contributed by atoms with Crippen LogP contribution in [0.4, 0.5) is 0 Å². The van der Waals surface area contributed by atoms with E-state index in [9.17, 15) is 5.11 Å². The number of hydrogen-bond acceptors (Lipinski definition) is 3. The molecule has 0 rings (SSSR count). The van der Waals surface area contributed by atoms with Crippen LogP contribution in [0.3, 0.4) is 0 Å². The summed E-state index contributed by atoms with van der Waals surface area (Å²) in [5, 5.41) is 9.83. The van der Waals surface area contributed by atoms with Crippen molar-refractivity contribution in [2.45, 2.75) is 19.2 Å². The van der Waals surface area contributed by atoms with Gasteiger partial charge in [-0.1, -0.05) is 6.92 Å². The van der Waals surface area contributed by atoms with E-state index < -0.39 is 5.85 Å². The Labute approximate surface area is 63.2 Å². The van der Waals surface area contributed by atoms with E-state index in [1.807, 2.05) is 35.1 Å². The first-order valence-corrected chi connectivity index (χ1v) is 3.52. The van der Waals surface area contributed by atoms with Crippen molar-refractivity contribution < 1.29 is 5.11 Å². The van der Waals surface area contributed by atoms with Gasteiger partial charge in [0.15, 0.2) is 5.85 Å². The fraction of sp³-hybridized carbons (Fsp3) is 1.00. The van der Waals surface area contributed by atoms with Gasteiger partial charge < -0.3 is 5.11 Å². The zero-order valence-electron chi connectivity index (χ0n) is 7.55. The maximum Gasteiger partial charge on any atom is 0.175 e. The van der Waals surface area contributed by atoms with Crippen molar-refractivity contribution in [2.24, 2.45) is 0 Å². The smallest absolute Gasteiger partial charge is 0.175 e. The van der Waals surface area contributed by atoms with E-state index in [0.29, 0.717) is 6.42 Å². The monoisotopic (exact) mass is 146 g/mol. The van der Waals surface area contributed by atoms with Gasteiger partial charge in [0.05, 0.1) is 0 Å². The SMILES string of the molecule is CCC(O)(N(C)C)N(C)C. The van der Waals surface area contributed by atoms with E-state index in [4.69, 9.17) is 0 Å². The molecular formula is C7H18N2O. The summed E-state index contributed by atoms with van der Waals surface area (Å²) in [4.78, 5) is 3.60. The van der Waals surface area contributed by atoms with Crippen LogP contribution in [0.25, 0.3) is 0 Å². The highest BCUT2D eigenvalue weighted by Crippen LogP contribution is 2.14. The molecule has 0 unspecified atom stereocenters. The standard InChI is InChI=1S/C7H18N2O/c1-6-7(10,8(2)3)9(4)5/h10H,6H2,1-5H3. The minimum absolute atomic E-state index is 0.701. The number of rotatable bonds is 3. The van der Waals surface area contributed by atoms with E-state index in [-0.39, 0.29) is 0 Å². The molecule has 0 amide bonds. The molecular weight excluding hydrogens is 128 g/mol. The van der Waals surface area contributed by atoms with Crippen LogP contribution in [0.2, 0.25) is 0 Å². The van der Waals surface area contributed by atoms with Crippen molar-refractivity contribution in [3.63, 3.8) is 0 Å². The third-order valence-corrected chi connectivity index (χ3v) is 1.91. The predicted octanol–water partition coefficient (Wildman–Crippen LogP) is 0.166. The highest BCUT2D eigenvalue weighted by Gasteiger charge is 2.29. The topological polar surface area (TPSA) is 26.7 Å². The maximum atomic E-state index is 9.83. The Balaban J connectivity index is 4.23. The molecule has 1 N–H and O–H groups in total. The van der Waals surface area contributed by atoms with Crippen LogP contribution in [-0.2, 0) is 0 Å². The van der Waals surface area contributed by atoms with E-state index in [1.165, 1.54) is 0 Å². The summed E-state index contributed by atoms with van der Waals surface area (Å²) in [6.07, 6.45) is 0.701. The molecule has 0 bridgehead atoms. The summed E-state index contributed by atoms with van der Waals surface area (Å²) in [5.74, 6) is -0.792. The summed E-state index contributed by atoms with van der Waals surface area (Å²) in [5.41, 5.74) is 0. The summed E-state index contributed by atoms with van der Waals surface area (Å²) in [6.45, 7) is 1.96. The molecule has 0 aromatic heterocycles. The van der Waals surface area contributed by atoms with Gasteiger partial charge in [0.1, 0.15) is 0 Å². The van der Waals surface area contributed by atoms with Crippen LogP contribution in [0.5, 0.6) is 0 Å². The number of aliphatic hydroxyl groups is 1. The Morgan fingerprint density at radius 3 is 1.40 bits per heavy atom. The van der Waals surface area contributed by atoms with Crippen molar-refractivity contribution in [1.29, 1.82) is 0 Å². The van der Waals surface area contributed by atoms with Gasteiger partial charge >= 0.3 is 0 Å². The molecule has 62 valence electrons. The average Bonchev–Trinajstić information content (AvgIpc) is 1.85. The first-order valence-electron chi connectivity index (χ1n) is 3.52. The molecule has 3 nitrogen and oxygen atoms in total. The van der Waals surface area contributed by atoms with Gasteiger partial charge in [-0.05, 0) is 28.2 Å². The van der Waals surface area contributed by atoms with Crippen LogP contribution in [0.1, 0.15) is 13.3 Å². The van der Waals surface area contributed by atoms with Crippen LogP contribution < -0.4 is 0 Å². The van der Waals surface area contributed by atoms with Gasteiger partial charge in [0.25, 0.3) is 0 Å². The quantitative estimate of drug-likeness (QED) is 0.575. The van der Waals surface area contributed by atoms with Gasteiger partial charge in [-0.25, -0.2) is 0 Å². The fourth-order valence-electron chi connectivity index (χ4n) is 1.03. The lowest BCUT2D eigenvalue weighted by Crippen LogP contribution is -2.54. The fourth-order valence-corrected chi connectivity index (χ4v) is 1.03. The van der Waals surface area contributed by atoms with Crippen molar-refractivity contribution in [2.75, 3.05) is 28.2 Å². The molecule has 0 aliphatic heterocycles. The molecule has 0 spiro atoms. The summed E-state index contributed by atoms with van der Waals surface area (Å²) >= 11 is 0. The molecule has 0 radical (unpaired) electrons. The summed E-state index contributed by atoms with van der Waals surface area (Å²) in [6, 6.07) is 0. The van der Waals surface area contributed by atoms with E-state index in [1.54, 1.807) is 9.80 Å². The van der Waals surface area contributed by atoms with Gasteiger partial charge in [0, 0.05) is 6.42 Å². The molecule has 0 saturated carbocycles. The van der Waals surface area contributed by atoms with Gasteiger partial charge in [-0.3, -0.25) is 9.80 Å². The van der Waals surface area contributed by atoms with Gasteiger partial charge in [0.2, 0.25) is 0 Å². The van der Waals surface area contributed by atoms with Crippen LogP contribution in [0, 0.1) is 0 Å². The lowest BCUT2D eigenvalue weighted by molar-refractivity contribution is -0.183. The highest BCUT2D eigenvalue weighted by molar-refractivity contribution is 4.69. The Kier molecular flexibility index (Phi) is 3.28. The zero-order chi connectivity index (χ0) is 8.36. The number of nitrogens with zero attached hydrogens (tertiary/aromatic N) is 2. The third kappa shape index (κ3) is 1.68. The molecule has 0 aliphatic carbocycles. The molecule has 0 atom stereocenters. The van der Waals surface area contributed by atoms with Gasteiger partial charge in [-0.2, -0.15) is 0 Å². The third-order valence-electron chi connectivity index (χ3n) is 1.91. The molecule has 0 fully saturated rings. The molecule has 10 heavy (non-hydrogen) atoms. The second kappa shape index (κ2) is 3.32. The molecule has 0 saturated heterocycles. The van der Waals surface area contributed by atoms with Crippen LogP contribution in [-0.4, -0.2) is 48.9 Å². The van der Waals surface area contributed by atoms with Gasteiger partial charge in [-0.15, -0.1) is 0 Å². The van der Waals surface area contributed by atoms with Crippen molar-refractivity contribution in [3.05, 3.63) is 0 Å². The lowest BCUT2D eigenvalue weighted by atomic mass is 10.2. The Morgan fingerprint density at radius 1 is 1.10 bits per heavy atom. The van der Waals surface area contributed by atoms with E-state index in [0.717, 1.165) is 0 Å². The molecule has 0 aromatic carbocycles. The average molecular weight is 146 g/mol. The zero-order valence-corrected chi connectivity index (χ0v) is 7.55. The second-order valence-electron chi connectivity index (χ2n) is 2.92.